The monoisotopic (exact) mass is 306 g/mol. The third-order valence-corrected chi connectivity index (χ3v) is 8.81. The minimum Gasteiger partial charge on any atom is -0.508 e. The highest BCUT2D eigenvalue weighted by Crippen LogP contribution is 2.58. The molecule has 0 aromatic heterocycles. The van der Waals surface area contributed by atoms with Gasteiger partial charge in [-0.1, -0.05) is 6.07 Å². The Labute approximate surface area is 129 Å². The zero-order valence-electron chi connectivity index (χ0n) is 11.8. The van der Waals surface area contributed by atoms with E-state index in [1.165, 1.54) is 49.2 Å². The van der Waals surface area contributed by atoms with Gasteiger partial charge in [0.15, 0.2) is 0 Å². The summed E-state index contributed by atoms with van der Waals surface area (Å²) in [4.78, 5) is 0. The molecule has 1 spiro atoms. The molecule has 0 bridgehead atoms. The number of thioether (sulfide) groups is 2. The fourth-order valence-corrected chi connectivity index (χ4v) is 7.77. The predicted molar refractivity (Wildman–Crippen MR) is 88.8 cm³/mol. The molecule has 1 nitrogen and oxygen atoms in total. The first-order valence-electron chi connectivity index (χ1n) is 7.85. The Morgan fingerprint density at radius 3 is 2.85 bits per heavy atom. The van der Waals surface area contributed by atoms with Gasteiger partial charge in [0, 0.05) is 0 Å². The van der Waals surface area contributed by atoms with E-state index >= 15 is 0 Å². The fraction of sp³-hybridized carbons (Fsp3) is 0.647. The molecular formula is C17H22OS2. The summed E-state index contributed by atoms with van der Waals surface area (Å²) in [5, 5.41) is 9.72. The molecule has 1 saturated heterocycles. The first-order chi connectivity index (χ1) is 9.76. The Hall–Kier alpha value is -0.280. The van der Waals surface area contributed by atoms with Crippen LogP contribution in [0.25, 0.3) is 0 Å². The Morgan fingerprint density at radius 1 is 1.15 bits per heavy atom. The van der Waals surface area contributed by atoms with E-state index in [9.17, 15) is 5.11 Å². The highest BCUT2D eigenvalue weighted by Gasteiger charge is 2.44. The van der Waals surface area contributed by atoms with Crippen LogP contribution in [0.3, 0.4) is 0 Å². The Morgan fingerprint density at radius 2 is 2.00 bits per heavy atom. The molecule has 1 aromatic rings. The van der Waals surface area contributed by atoms with E-state index in [1.54, 1.807) is 5.56 Å². The van der Waals surface area contributed by atoms with E-state index in [0.29, 0.717) is 9.83 Å². The van der Waals surface area contributed by atoms with Gasteiger partial charge in [-0.25, -0.2) is 0 Å². The van der Waals surface area contributed by atoms with E-state index in [-0.39, 0.29) is 0 Å². The molecule has 3 aliphatic rings. The number of hydrogen-bond donors (Lipinski definition) is 1. The molecule has 0 radical (unpaired) electrons. The van der Waals surface area contributed by atoms with Crippen LogP contribution in [-0.2, 0) is 6.42 Å². The van der Waals surface area contributed by atoms with Gasteiger partial charge in [-0.2, -0.15) is 0 Å². The lowest BCUT2D eigenvalue weighted by Gasteiger charge is -2.48. The molecule has 1 aromatic carbocycles. The summed E-state index contributed by atoms with van der Waals surface area (Å²) in [7, 11) is 0. The van der Waals surface area contributed by atoms with Crippen LogP contribution >= 0.6 is 23.5 Å². The van der Waals surface area contributed by atoms with Crippen LogP contribution in [0.2, 0.25) is 0 Å². The molecule has 2 fully saturated rings. The molecule has 20 heavy (non-hydrogen) atoms. The molecule has 108 valence electrons. The van der Waals surface area contributed by atoms with Crippen molar-refractivity contribution >= 4 is 23.5 Å². The van der Waals surface area contributed by atoms with Gasteiger partial charge in [-0.3, -0.25) is 0 Å². The van der Waals surface area contributed by atoms with Crippen LogP contribution in [0.1, 0.15) is 49.1 Å². The van der Waals surface area contributed by atoms with Crippen LogP contribution in [0.5, 0.6) is 5.75 Å². The third kappa shape index (κ3) is 2.27. The zero-order chi connectivity index (χ0) is 13.6. The lowest BCUT2D eigenvalue weighted by molar-refractivity contribution is 0.270. The van der Waals surface area contributed by atoms with Gasteiger partial charge in [-0.15, -0.1) is 23.5 Å². The van der Waals surface area contributed by atoms with Gasteiger partial charge in [0.05, 0.1) is 4.08 Å². The average molecular weight is 306 g/mol. The molecule has 0 unspecified atom stereocenters. The van der Waals surface area contributed by atoms with Gasteiger partial charge in [0.2, 0.25) is 0 Å². The van der Waals surface area contributed by atoms with Crippen LogP contribution in [0, 0.1) is 5.92 Å². The average Bonchev–Trinajstić information content (AvgIpc) is 2.47. The smallest absolute Gasteiger partial charge is 0.115 e. The molecule has 1 saturated carbocycles. The highest BCUT2D eigenvalue weighted by molar-refractivity contribution is 8.18. The quantitative estimate of drug-likeness (QED) is 0.744. The van der Waals surface area contributed by atoms with E-state index in [2.05, 4.69) is 29.6 Å². The van der Waals surface area contributed by atoms with E-state index in [0.717, 1.165) is 18.3 Å². The molecule has 0 amide bonds. The lowest BCUT2D eigenvalue weighted by Crippen LogP contribution is -2.37. The predicted octanol–water partition coefficient (Wildman–Crippen LogP) is 4.79. The largest absolute Gasteiger partial charge is 0.508 e. The van der Waals surface area contributed by atoms with Gasteiger partial charge >= 0.3 is 0 Å². The lowest BCUT2D eigenvalue weighted by atomic mass is 9.68. The van der Waals surface area contributed by atoms with Crippen molar-refractivity contribution in [3.8, 4) is 5.75 Å². The Bertz CT molecular complexity index is 508. The number of aromatic hydroxyl groups is 1. The van der Waals surface area contributed by atoms with Crippen LogP contribution in [0.15, 0.2) is 18.2 Å². The number of rotatable bonds is 0. The highest BCUT2D eigenvalue weighted by atomic mass is 32.2. The SMILES string of the molecule is Oc1ccc2c(c1)CC[C@H]1CCC3(C[C@H]21)SCCCS3. The number of phenols is 1. The molecule has 1 aliphatic heterocycles. The number of hydrogen-bond acceptors (Lipinski definition) is 3. The van der Waals surface area contributed by atoms with Crippen molar-refractivity contribution in [1.82, 2.24) is 0 Å². The second-order valence-corrected chi connectivity index (χ2v) is 9.71. The van der Waals surface area contributed by atoms with E-state index in [4.69, 9.17) is 0 Å². The second kappa shape index (κ2) is 5.17. The molecule has 2 aliphatic carbocycles. The maximum atomic E-state index is 9.72. The molecule has 2 atom stereocenters. The maximum absolute atomic E-state index is 9.72. The van der Waals surface area contributed by atoms with Gasteiger partial charge < -0.3 is 5.11 Å². The second-order valence-electron chi connectivity index (χ2n) is 6.49. The Balaban J connectivity index is 1.65. The van der Waals surface area contributed by atoms with E-state index in [1.807, 2.05) is 12.1 Å². The zero-order valence-corrected chi connectivity index (χ0v) is 13.4. The standard InChI is InChI=1S/C17H22OS2/c18-14-4-5-15-13(10-14)3-2-12-6-7-17(11-16(12)15)19-8-1-9-20-17/h4-5,10,12,16,18H,1-3,6-9,11H2/t12-,16-/m0/s1. The van der Waals surface area contributed by atoms with Gasteiger partial charge in [0.25, 0.3) is 0 Å². The topological polar surface area (TPSA) is 20.2 Å². The van der Waals surface area contributed by atoms with Crippen molar-refractivity contribution in [3.63, 3.8) is 0 Å². The van der Waals surface area contributed by atoms with Gasteiger partial charge in [0.1, 0.15) is 5.75 Å². The molecule has 4 rings (SSSR count). The number of fused-ring (bicyclic) bond motifs is 3. The molecule has 1 heterocycles. The normalized spacial score (nSPS) is 31.6. The maximum Gasteiger partial charge on any atom is 0.115 e. The molecular weight excluding hydrogens is 284 g/mol. The summed E-state index contributed by atoms with van der Waals surface area (Å²) in [5.74, 6) is 4.78. The van der Waals surface area contributed by atoms with Crippen molar-refractivity contribution in [2.75, 3.05) is 11.5 Å². The Kier molecular flexibility index (Phi) is 3.46. The number of phenolic OH excluding ortho intramolecular Hbond substituents is 1. The minimum absolute atomic E-state index is 0.439. The van der Waals surface area contributed by atoms with Crippen molar-refractivity contribution in [2.45, 2.75) is 48.5 Å². The number of aryl methyl sites for hydroxylation is 1. The summed E-state index contributed by atoms with van der Waals surface area (Å²) in [5.41, 5.74) is 2.96. The van der Waals surface area contributed by atoms with Crippen LogP contribution in [0.4, 0.5) is 0 Å². The fourth-order valence-electron chi connectivity index (χ4n) is 4.31. The minimum atomic E-state index is 0.439. The first kappa shape index (κ1) is 13.4. The summed E-state index contributed by atoms with van der Waals surface area (Å²) >= 11 is 4.47. The molecule has 1 N–H and O–H groups in total. The van der Waals surface area contributed by atoms with E-state index < -0.39 is 0 Å². The first-order valence-corrected chi connectivity index (χ1v) is 9.83. The van der Waals surface area contributed by atoms with Crippen molar-refractivity contribution in [3.05, 3.63) is 29.3 Å². The van der Waals surface area contributed by atoms with Gasteiger partial charge in [-0.05, 0) is 85.1 Å². The summed E-state index contributed by atoms with van der Waals surface area (Å²) in [6.07, 6.45) is 8.05. The van der Waals surface area contributed by atoms with Crippen molar-refractivity contribution in [1.29, 1.82) is 0 Å². The number of benzene rings is 1. The molecule has 3 heteroatoms. The third-order valence-electron chi connectivity index (χ3n) is 5.33. The summed E-state index contributed by atoms with van der Waals surface area (Å²) in [6.45, 7) is 0. The summed E-state index contributed by atoms with van der Waals surface area (Å²) in [6, 6.07) is 6.11. The van der Waals surface area contributed by atoms with Crippen LogP contribution < -0.4 is 0 Å². The van der Waals surface area contributed by atoms with Crippen molar-refractivity contribution < 1.29 is 5.11 Å². The summed E-state index contributed by atoms with van der Waals surface area (Å²) < 4.78 is 0.506. The van der Waals surface area contributed by atoms with Crippen molar-refractivity contribution in [2.24, 2.45) is 5.92 Å². The van der Waals surface area contributed by atoms with Crippen LogP contribution in [-0.4, -0.2) is 20.7 Å².